The van der Waals surface area contributed by atoms with Crippen LogP contribution in [0, 0.1) is 5.92 Å². The van der Waals surface area contributed by atoms with Crippen molar-refractivity contribution in [1.29, 1.82) is 0 Å². The Morgan fingerprint density at radius 2 is 1.62 bits per heavy atom. The second-order valence-corrected chi connectivity index (χ2v) is 8.68. The zero-order valence-corrected chi connectivity index (χ0v) is 19.2. The van der Waals surface area contributed by atoms with E-state index in [2.05, 4.69) is 10.3 Å². The molecule has 1 aromatic heterocycles. The highest BCUT2D eigenvalue weighted by Gasteiger charge is 2.42. The lowest BCUT2D eigenvalue weighted by atomic mass is 10.0. The van der Waals surface area contributed by atoms with Crippen molar-refractivity contribution in [2.75, 3.05) is 0 Å². The van der Waals surface area contributed by atoms with Crippen LogP contribution in [0.25, 0.3) is 0 Å². The molecular formula is C27H27N3O4. The number of nitrogens with zero attached hydrogens (tertiary/aromatic N) is 2. The van der Waals surface area contributed by atoms with E-state index in [4.69, 9.17) is 4.74 Å². The fraction of sp³-hybridized carbons (Fsp3) is 0.259. The molecule has 1 aliphatic heterocycles. The van der Waals surface area contributed by atoms with Crippen LogP contribution in [0.5, 0.6) is 5.75 Å². The van der Waals surface area contributed by atoms with E-state index in [9.17, 15) is 14.4 Å². The Kier molecular flexibility index (Phi) is 7.01. The van der Waals surface area contributed by atoms with Crippen molar-refractivity contribution in [2.24, 2.45) is 5.92 Å². The van der Waals surface area contributed by atoms with Gasteiger partial charge in [-0.2, -0.15) is 0 Å². The minimum atomic E-state index is -0.866. The van der Waals surface area contributed by atoms with Gasteiger partial charge in [-0.3, -0.25) is 24.3 Å². The average Bonchev–Trinajstić information content (AvgIpc) is 3.11. The summed E-state index contributed by atoms with van der Waals surface area (Å²) < 4.78 is 5.77. The van der Waals surface area contributed by atoms with Crippen LogP contribution in [-0.4, -0.2) is 33.6 Å². The van der Waals surface area contributed by atoms with Gasteiger partial charge in [0.05, 0.1) is 11.1 Å². The molecule has 0 saturated carbocycles. The van der Waals surface area contributed by atoms with Crippen LogP contribution in [0.1, 0.15) is 52.1 Å². The number of ether oxygens (including phenoxy) is 1. The van der Waals surface area contributed by atoms with Gasteiger partial charge in [-0.1, -0.05) is 44.2 Å². The molecule has 1 atom stereocenters. The third-order valence-corrected chi connectivity index (χ3v) is 5.65. The minimum Gasteiger partial charge on any atom is -0.489 e. The van der Waals surface area contributed by atoms with Crippen LogP contribution in [0.3, 0.4) is 0 Å². The number of benzene rings is 2. The summed E-state index contributed by atoms with van der Waals surface area (Å²) in [5, 5.41) is 2.89. The standard InChI is InChI=1S/C27H27N3O4/c1-18(2)14-24(30-26(32)22-7-3-4-8-23(22)27(30)33)25(31)29-16-19-9-11-21(12-10-19)34-17-20-6-5-13-28-15-20/h3-13,15,18,24H,14,16-17H2,1-2H3,(H,29,31). The number of hydrogen-bond donors (Lipinski definition) is 1. The fourth-order valence-corrected chi connectivity index (χ4v) is 3.93. The van der Waals surface area contributed by atoms with Crippen molar-refractivity contribution in [1.82, 2.24) is 15.2 Å². The van der Waals surface area contributed by atoms with Gasteiger partial charge in [0, 0.05) is 24.5 Å². The number of hydrogen-bond acceptors (Lipinski definition) is 5. The average molecular weight is 458 g/mol. The summed E-state index contributed by atoms with van der Waals surface area (Å²) >= 11 is 0. The Labute approximate surface area is 198 Å². The fourth-order valence-electron chi connectivity index (χ4n) is 3.93. The van der Waals surface area contributed by atoms with Crippen LogP contribution in [-0.2, 0) is 17.9 Å². The lowest BCUT2D eigenvalue weighted by Gasteiger charge is -2.26. The van der Waals surface area contributed by atoms with Gasteiger partial charge in [0.25, 0.3) is 11.8 Å². The minimum absolute atomic E-state index is 0.122. The first-order valence-electron chi connectivity index (χ1n) is 11.3. The summed E-state index contributed by atoms with van der Waals surface area (Å²) in [7, 11) is 0. The second-order valence-electron chi connectivity index (χ2n) is 8.68. The number of carbonyl (C=O) groups is 3. The van der Waals surface area contributed by atoms with Crippen molar-refractivity contribution in [3.05, 3.63) is 95.3 Å². The first-order valence-corrected chi connectivity index (χ1v) is 11.3. The number of aromatic nitrogens is 1. The second kappa shape index (κ2) is 10.3. The highest BCUT2D eigenvalue weighted by Crippen LogP contribution is 2.27. The number of imide groups is 1. The Morgan fingerprint density at radius 3 is 2.21 bits per heavy atom. The third-order valence-electron chi connectivity index (χ3n) is 5.65. The van der Waals surface area contributed by atoms with Crippen LogP contribution in [0.15, 0.2) is 73.1 Å². The van der Waals surface area contributed by atoms with Crippen molar-refractivity contribution < 1.29 is 19.1 Å². The van der Waals surface area contributed by atoms with E-state index in [-0.39, 0.29) is 18.4 Å². The molecule has 0 radical (unpaired) electrons. The van der Waals surface area contributed by atoms with Gasteiger partial charge in [0.2, 0.25) is 5.91 Å². The predicted molar refractivity (Wildman–Crippen MR) is 127 cm³/mol. The van der Waals surface area contributed by atoms with E-state index in [0.29, 0.717) is 29.9 Å². The van der Waals surface area contributed by atoms with Gasteiger partial charge in [-0.25, -0.2) is 0 Å². The molecule has 34 heavy (non-hydrogen) atoms. The number of carbonyl (C=O) groups excluding carboxylic acids is 3. The molecule has 7 heteroatoms. The molecule has 0 aliphatic carbocycles. The lowest BCUT2D eigenvalue weighted by Crippen LogP contribution is -2.50. The summed E-state index contributed by atoms with van der Waals surface area (Å²) in [6.45, 7) is 4.62. The number of amides is 3. The smallest absolute Gasteiger partial charge is 0.262 e. The topological polar surface area (TPSA) is 88.6 Å². The van der Waals surface area contributed by atoms with E-state index in [0.717, 1.165) is 16.0 Å². The highest BCUT2D eigenvalue weighted by atomic mass is 16.5. The van der Waals surface area contributed by atoms with Gasteiger partial charge in [-0.05, 0) is 48.2 Å². The monoisotopic (exact) mass is 457 g/mol. The maximum atomic E-state index is 13.1. The lowest BCUT2D eigenvalue weighted by molar-refractivity contribution is -0.125. The zero-order valence-electron chi connectivity index (χ0n) is 19.2. The molecule has 0 bridgehead atoms. The molecule has 3 amide bonds. The third kappa shape index (κ3) is 5.14. The zero-order chi connectivity index (χ0) is 24.1. The summed E-state index contributed by atoms with van der Waals surface area (Å²) in [5.41, 5.74) is 2.54. The van der Waals surface area contributed by atoms with E-state index in [1.807, 2.05) is 50.2 Å². The van der Waals surface area contributed by atoms with Crippen LogP contribution in [0.4, 0.5) is 0 Å². The molecule has 0 saturated heterocycles. The molecule has 7 nitrogen and oxygen atoms in total. The first-order chi connectivity index (χ1) is 16.4. The molecule has 1 unspecified atom stereocenters. The molecular weight excluding hydrogens is 430 g/mol. The Bertz CT molecular complexity index is 1140. The quantitative estimate of drug-likeness (QED) is 0.491. The van der Waals surface area contributed by atoms with E-state index in [1.54, 1.807) is 36.7 Å². The van der Waals surface area contributed by atoms with Gasteiger partial charge in [0.1, 0.15) is 18.4 Å². The van der Waals surface area contributed by atoms with E-state index >= 15 is 0 Å². The van der Waals surface area contributed by atoms with Gasteiger partial charge in [0.15, 0.2) is 0 Å². The molecule has 2 aromatic carbocycles. The van der Waals surface area contributed by atoms with Gasteiger partial charge < -0.3 is 10.1 Å². The maximum Gasteiger partial charge on any atom is 0.262 e. The first kappa shape index (κ1) is 23.2. The Morgan fingerprint density at radius 1 is 0.941 bits per heavy atom. The molecule has 0 spiro atoms. The van der Waals surface area contributed by atoms with Crippen molar-refractivity contribution >= 4 is 17.7 Å². The number of fused-ring (bicyclic) bond motifs is 1. The molecule has 3 aromatic rings. The molecule has 1 aliphatic rings. The Hall–Kier alpha value is -4.00. The van der Waals surface area contributed by atoms with E-state index < -0.39 is 17.9 Å². The van der Waals surface area contributed by atoms with Gasteiger partial charge in [-0.15, -0.1) is 0 Å². The Balaban J connectivity index is 1.39. The van der Waals surface area contributed by atoms with Crippen molar-refractivity contribution in [3.8, 4) is 5.75 Å². The maximum absolute atomic E-state index is 13.1. The molecule has 1 N–H and O–H groups in total. The SMILES string of the molecule is CC(C)CC(C(=O)NCc1ccc(OCc2cccnc2)cc1)N1C(=O)c2ccccc2C1=O. The molecule has 4 rings (SSSR count). The highest BCUT2D eigenvalue weighted by molar-refractivity contribution is 6.22. The largest absolute Gasteiger partial charge is 0.489 e. The van der Waals surface area contributed by atoms with Crippen LogP contribution in [0.2, 0.25) is 0 Å². The van der Waals surface area contributed by atoms with Crippen molar-refractivity contribution in [2.45, 2.75) is 39.5 Å². The molecule has 2 heterocycles. The summed E-state index contributed by atoms with van der Waals surface area (Å²) in [6, 6.07) is 17.0. The molecule has 174 valence electrons. The normalized spacial score (nSPS) is 13.7. The predicted octanol–water partition coefficient (Wildman–Crippen LogP) is 3.99. The summed E-state index contributed by atoms with van der Waals surface area (Å²) in [5.74, 6) is -0.355. The number of rotatable bonds is 9. The molecule has 0 fully saturated rings. The number of pyridine rings is 1. The van der Waals surface area contributed by atoms with Crippen molar-refractivity contribution in [3.63, 3.8) is 0 Å². The number of nitrogens with one attached hydrogen (secondary N) is 1. The van der Waals surface area contributed by atoms with Crippen LogP contribution < -0.4 is 10.1 Å². The summed E-state index contributed by atoms with van der Waals surface area (Å²) in [6.07, 6.45) is 3.86. The van der Waals surface area contributed by atoms with E-state index in [1.165, 1.54) is 0 Å². The van der Waals surface area contributed by atoms with Gasteiger partial charge >= 0.3 is 0 Å². The van der Waals surface area contributed by atoms with Crippen LogP contribution >= 0.6 is 0 Å². The summed E-state index contributed by atoms with van der Waals surface area (Å²) in [4.78, 5) is 44.1.